The summed E-state index contributed by atoms with van der Waals surface area (Å²) >= 11 is 2.00. The molecule has 18 heavy (non-hydrogen) atoms. The van der Waals surface area contributed by atoms with Crippen LogP contribution in [0.3, 0.4) is 0 Å². The predicted molar refractivity (Wildman–Crippen MR) is 92.2 cm³/mol. The van der Waals surface area contributed by atoms with E-state index >= 15 is 0 Å². The molecule has 0 aromatic heterocycles. The Bertz CT molecular complexity index is 269. The van der Waals surface area contributed by atoms with Crippen molar-refractivity contribution in [2.45, 2.75) is 50.3 Å². The number of nitrogens with zero attached hydrogens (tertiary/aromatic N) is 1. The Balaban J connectivity index is 0.00000162. The fourth-order valence-corrected chi connectivity index (χ4v) is 3.12. The summed E-state index contributed by atoms with van der Waals surface area (Å²) < 4.78 is 0. The van der Waals surface area contributed by atoms with Crippen LogP contribution in [0.4, 0.5) is 0 Å². The third-order valence-electron chi connectivity index (χ3n) is 3.61. The van der Waals surface area contributed by atoms with Crippen LogP contribution in [0.5, 0.6) is 0 Å². The molecule has 0 heterocycles. The van der Waals surface area contributed by atoms with Gasteiger partial charge in [-0.25, -0.2) is 0 Å². The van der Waals surface area contributed by atoms with Gasteiger partial charge in [0.25, 0.3) is 0 Å². The van der Waals surface area contributed by atoms with E-state index in [4.69, 9.17) is 0 Å². The van der Waals surface area contributed by atoms with E-state index in [-0.39, 0.29) is 24.0 Å². The van der Waals surface area contributed by atoms with Gasteiger partial charge in [-0.05, 0) is 51.2 Å². The predicted octanol–water partition coefficient (Wildman–Crippen LogP) is 2.85. The summed E-state index contributed by atoms with van der Waals surface area (Å²) in [6.45, 7) is 4.09. The number of thioether (sulfide) groups is 1. The minimum Gasteiger partial charge on any atom is -0.357 e. The molecule has 2 aliphatic carbocycles. The third-order valence-corrected chi connectivity index (χ3v) is 4.70. The van der Waals surface area contributed by atoms with Gasteiger partial charge in [0.2, 0.25) is 0 Å². The summed E-state index contributed by atoms with van der Waals surface area (Å²) in [5.41, 5.74) is 0. The quantitative estimate of drug-likeness (QED) is 0.436. The molecule has 2 saturated carbocycles. The van der Waals surface area contributed by atoms with Crippen LogP contribution in [0.15, 0.2) is 4.99 Å². The molecule has 3 nitrogen and oxygen atoms in total. The smallest absolute Gasteiger partial charge is 0.191 e. The van der Waals surface area contributed by atoms with Crippen LogP contribution in [0.25, 0.3) is 0 Å². The van der Waals surface area contributed by atoms with Crippen molar-refractivity contribution in [1.82, 2.24) is 10.6 Å². The number of aliphatic imine (C=N–C) groups is 1. The number of guanidine groups is 1. The molecule has 0 aliphatic heterocycles. The van der Waals surface area contributed by atoms with Crippen LogP contribution < -0.4 is 10.6 Å². The molecule has 2 N–H and O–H groups in total. The van der Waals surface area contributed by atoms with Gasteiger partial charge in [-0.15, -0.1) is 24.0 Å². The van der Waals surface area contributed by atoms with Gasteiger partial charge in [0, 0.05) is 24.4 Å². The van der Waals surface area contributed by atoms with Crippen LogP contribution in [0.1, 0.15) is 39.0 Å². The van der Waals surface area contributed by atoms with Crippen molar-refractivity contribution < 1.29 is 0 Å². The van der Waals surface area contributed by atoms with Crippen molar-refractivity contribution >= 4 is 41.7 Å². The number of halogens is 1. The van der Waals surface area contributed by atoms with Gasteiger partial charge in [-0.2, -0.15) is 11.8 Å². The minimum absolute atomic E-state index is 0. The molecule has 0 spiro atoms. The summed E-state index contributed by atoms with van der Waals surface area (Å²) in [7, 11) is 0. The minimum atomic E-state index is 0. The van der Waals surface area contributed by atoms with Crippen molar-refractivity contribution in [3.05, 3.63) is 0 Å². The lowest BCUT2D eigenvalue weighted by Crippen LogP contribution is -2.42. The molecular formula is C13H26IN3S. The molecule has 2 aliphatic rings. The SMILES string of the molecule is CCNC(=NCC1CC1)NC1CCC(SC)C1.I. The summed E-state index contributed by atoms with van der Waals surface area (Å²) in [5.74, 6) is 1.90. The highest BCUT2D eigenvalue weighted by molar-refractivity contribution is 14.0. The zero-order valence-corrected chi connectivity index (χ0v) is 14.6. The monoisotopic (exact) mass is 383 g/mol. The molecule has 0 saturated heterocycles. The molecule has 106 valence electrons. The standard InChI is InChI=1S/C13H25N3S.HI/c1-3-14-13(15-9-10-4-5-10)16-11-6-7-12(8-11)17-2;/h10-12H,3-9H2,1-2H3,(H2,14,15,16);1H. The van der Waals surface area contributed by atoms with Gasteiger partial charge in [-0.3, -0.25) is 4.99 Å². The average molecular weight is 383 g/mol. The Hall–Kier alpha value is 0.350. The van der Waals surface area contributed by atoms with E-state index in [0.717, 1.165) is 30.2 Å². The summed E-state index contributed by atoms with van der Waals surface area (Å²) in [6.07, 6.45) is 8.90. The second-order valence-electron chi connectivity index (χ2n) is 5.18. The van der Waals surface area contributed by atoms with E-state index in [1.807, 2.05) is 11.8 Å². The Morgan fingerprint density at radius 3 is 2.61 bits per heavy atom. The van der Waals surface area contributed by atoms with Crippen molar-refractivity contribution in [3.8, 4) is 0 Å². The molecule has 0 aromatic rings. The van der Waals surface area contributed by atoms with E-state index < -0.39 is 0 Å². The summed E-state index contributed by atoms with van der Waals surface area (Å²) in [5, 5.41) is 7.79. The van der Waals surface area contributed by atoms with Crippen molar-refractivity contribution in [2.75, 3.05) is 19.3 Å². The maximum atomic E-state index is 4.68. The lowest BCUT2D eigenvalue weighted by atomic mass is 10.2. The third kappa shape index (κ3) is 5.55. The van der Waals surface area contributed by atoms with E-state index in [2.05, 4.69) is 28.8 Å². The maximum absolute atomic E-state index is 4.68. The zero-order valence-electron chi connectivity index (χ0n) is 11.4. The highest BCUT2D eigenvalue weighted by atomic mass is 127. The normalized spacial score (nSPS) is 27.8. The first kappa shape index (κ1) is 16.4. The second kappa shape index (κ2) is 8.51. The molecule has 0 radical (unpaired) electrons. The van der Waals surface area contributed by atoms with Crippen LogP contribution >= 0.6 is 35.7 Å². The van der Waals surface area contributed by atoms with E-state index in [1.54, 1.807) is 0 Å². The zero-order chi connectivity index (χ0) is 12.1. The highest BCUT2D eigenvalue weighted by Crippen LogP contribution is 2.29. The lowest BCUT2D eigenvalue weighted by Gasteiger charge is -2.17. The summed E-state index contributed by atoms with van der Waals surface area (Å²) in [4.78, 5) is 4.68. The molecular weight excluding hydrogens is 357 g/mol. The van der Waals surface area contributed by atoms with Crippen molar-refractivity contribution in [2.24, 2.45) is 10.9 Å². The van der Waals surface area contributed by atoms with Crippen LogP contribution in [-0.4, -0.2) is 36.6 Å². The number of hydrogen-bond acceptors (Lipinski definition) is 2. The van der Waals surface area contributed by atoms with Gasteiger partial charge in [0.1, 0.15) is 0 Å². The van der Waals surface area contributed by atoms with Crippen LogP contribution in [0, 0.1) is 5.92 Å². The Labute approximate surface area is 132 Å². The van der Waals surface area contributed by atoms with Gasteiger partial charge in [-0.1, -0.05) is 0 Å². The molecule has 0 bridgehead atoms. The first-order valence-electron chi connectivity index (χ1n) is 6.89. The van der Waals surface area contributed by atoms with Crippen molar-refractivity contribution in [1.29, 1.82) is 0 Å². The molecule has 5 heteroatoms. The molecule has 0 aromatic carbocycles. The van der Waals surface area contributed by atoms with E-state index in [1.165, 1.54) is 32.1 Å². The second-order valence-corrected chi connectivity index (χ2v) is 6.31. The fraction of sp³-hybridized carbons (Fsp3) is 0.923. The number of nitrogens with one attached hydrogen (secondary N) is 2. The first-order chi connectivity index (χ1) is 8.31. The van der Waals surface area contributed by atoms with E-state index in [9.17, 15) is 0 Å². The highest BCUT2D eigenvalue weighted by Gasteiger charge is 2.25. The Kier molecular flexibility index (Phi) is 7.75. The Morgan fingerprint density at radius 1 is 1.28 bits per heavy atom. The number of hydrogen-bond donors (Lipinski definition) is 2. The fourth-order valence-electron chi connectivity index (χ4n) is 2.32. The Morgan fingerprint density at radius 2 is 2.06 bits per heavy atom. The molecule has 2 fully saturated rings. The average Bonchev–Trinajstić information content (AvgIpc) is 3.05. The van der Waals surface area contributed by atoms with Crippen LogP contribution in [-0.2, 0) is 0 Å². The maximum Gasteiger partial charge on any atom is 0.191 e. The topological polar surface area (TPSA) is 36.4 Å². The number of rotatable bonds is 5. The van der Waals surface area contributed by atoms with Gasteiger partial charge >= 0.3 is 0 Å². The molecule has 2 atom stereocenters. The van der Waals surface area contributed by atoms with E-state index in [0.29, 0.717) is 6.04 Å². The largest absolute Gasteiger partial charge is 0.357 e. The van der Waals surface area contributed by atoms with Crippen LogP contribution in [0.2, 0.25) is 0 Å². The molecule has 2 rings (SSSR count). The van der Waals surface area contributed by atoms with Gasteiger partial charge in [0.15, 0.2) is 5.96 Å². The molecule has 0 amide bonds. The summed E-state index contributed by atoms with van der Waals surface area (Å²) in [6, 6.07) is 0.629. The van der Waals surface area contributed by atoms with Gasteiger partial charge in [0.05, 0.1) is 0 Å². The lowest BCUT2D eigenvalue weighted by molar-refractivity contribution is 0.613. The first-order valence-corrected chi connectivity index (χ1v) is 8.18. The van der Waals surface area contributed by atoms with Crippen molar-refractivity contribution in [3.63, 3.8) is 0 Å². The molecule has 2 unspecified atom stereocenters. The van der Waals surface area contributed by atoms with Gasteiger partial charge < -0.3 is 10.6 Å².